The highest BCUT2D eigenvalue weighted by Gasteiger charge is 2.27. The Morgan fingerprint density at radius 2 is 2.11 bits per heavy atom. The molecule has 0 bridgehead atoms. The fourth-order valence-corrected chi connectivity index (χ4v) is 2.59. The first-order valence-corrected chi connectivity index (χ1v) is 6.49. The largest absolute Gasteiger partial charge is 0.400 e. The number of rotatable bonds is 3. The topological polar surface area (TPSA) is 47.6 Å². The fourth-order valence-electron chi connectivity index (χ4n) is 2.59. The van der Waals surface area contributed by atoms with Gasteiger partial charge in [0.1, 0.15) is 0 Å². The van der Waals surface area contributed by atoms with E-state index in [0.717, 1.165) is 25.0 Å². The summed E-state index contributed by atoms with van der Waals surface area (Å²) in [6.45, 7) is 1.38. The number of fused-ring (bicyclic) bond motifs is 1. The molecule has 0 spiro atoms. The highest BCUT2D eigenvalue weighted by atomic mass is 16.5. The van der Waals surface area contributed by atoms with E-state index in [-0.39, 0.29) is 6.10 Å². The van der Waals surface area contributed by atoms with Gasteiger partial charge < -0.3 is 10.5 Å². The minimum atomic E-state index is 0.288. The lowest BCUT2D eigenvalue weighted by Gasteiger charge is -2.24. The van der Waals surface area contributed by atoms with Crippen molar-refractivity contribution in [3.63, 3.8) is 0 Å². The highest BCUT2D eigenvalue weighted by molar-refractivity contribution is 6.03. The van der Waals surface area contributed by atoms with E-state index < -0.39 is 0 Å². The van der Waals surface area contributed by atoms with E-state index in [1.165, 1.54) is 16.8 Å². The summed E-state index contributed by atoms with van der Waals surface area (Å²) in [5, 5.41) is 0. The molecule has 1 saturated carbocycles. The molecule has 1 aromatic rings. The van der Waals surface area contributed by atoms with Gasteiger partial charge in [0, 0.05) is 17.8 Å². The van der Waals surface area contributed by atoms with Gasteiger partial charge in [-0.2, -0.15) is 0 Å². The maximum absolute atomic E-state index is 5.98. The number of benzene rings is 1. The van der Waals surface area contributed by atoms with Crippen molar-refractivity contribution in [3.05, 3.63) is 47.2 Å². The summed E-state index contributed by atoms with van der Waals surface area (Å²) in [6.07, 6.45) is 3.28. The van der Waals surface area contributed by atoms with Crippen LogP contribution in [-0.2, 0) is 11.3 Å². The first-order chi connectivity index (χ1) is 8.83. The molecule has 0 radical (unpaired) electrons. The van der Waals surface area contributed by atoms with Crippen LogP contribution < -0.4 is 5.73 Å². The maximum atomic E-state index is 5.98. The first kappa shape index (κ1) is 11.5. The lowest BCUT2D eigenvalue weighted by molar-refractivity contribution is 0.0348. The lowest BCUT2D eigenvalue weighted by Crippen LogP contribution is -2.24. The van der Waals surface area contributed by atoms with Crippen LogP contribution in [0.5, 0.6) is 0 Å². The van der Waals surface area contributed by atoms with Crippen LogP contribution in [0.25, 0.3) is 0 Å². The third-order valence-electron chi connectivity index (χ3n) is 3.64. The third kappa shape index (κ3) is 2.31. The fraction of sp³-hybridized carbons (Fsp3) is 0.400. The van der Waals surface area contributed by atoms with Crippen LogP contribution in [0.2, 0.25) is 0 Å². The van der Waals surface area contributed by atoms with Gasteiger partial charge in [-0.1, -0.05) is 30.3 Å². The van der Waals surface area contributed by atoms with Crippen molar-refractivity contribution in [2.75, 3.05) is 6.54 Å². The SMILES string of the molecule is NC1=C2CC(OCc3ccccc3)CCC2=NC1. The summed E-state index contributed by atoms with van der Waals surface area (Å²) < 4.78 is 5.98. The molecule has 1 aliphatic carbocycles. The summed E-state index contributed by atoms with van der Waals surface area (Å²) in [5.41, 5.74) is 10.6. The van der Waals surface area contributed by atoms with Crippen LogP contribution in [0.1, 0.15) is 24.8 Å². The zero-order chi connectivity index (χ0) is 12.4. The molecule has 18 heavy (non-hydrogen) atoms. The van der Waals surface area contributed by atoms with Crippen molar-refractivity contribution in [1.82, 2.24) is 0 Å². The van der Waals surface area contributed by atoms with Gasteiger partial charge in [-0.3, -0.25) is 4.99 Å². The Labute approximate surface area is 107 Å². The normalized spacial score (nSPS) is 22.9. The standard InChI is InChI=1S/C15H18N2O/c16-14-9-17-15-7-6-12(8-13(14)15)18-10-11-4-2-1-3-5-11/h1-5,12H,6-10,16H2. The van der Waals surface area contributed by atoms with Crippen molar-refractivity contribution in [2.24, 2.45) is 10.7 Å². The molecular weight excluding hydrogens is 224 g/mol. The number of nitrogens with two attached hydrogens (primary N) is 1. The minimum Gasteiger partial charge on any atom is -0.400 e. The first-order valence-electron chi connectivity index (χ1n) is 6.49. The van der Waals surface area contributed by atoms with Gasteiger partial charge in [-0.15, -0.1) is 0 Å². The van der Waals surface area contributed by atoms with E-state index in [1.54, 1.807) is 0 Å². The van der Waals surface area contributed by atoms with Gasteiger partial charge in [0.15, 0.2) is 0 Å². The van der Waals surface area contributed by atoms with Crippen molar-refractivity contribution < 1.29 is 4.74 Å². The Morgan fingerprint density at radius 3 is 2.94 bits per heavy atom. The second kappa shape index (κ2) is 4.94. The van der Waals surface area contributed by atoms with Crippen LogP contribution in [0.3, 0.4) is 0 Å². The van der Waals surface area contributed by atoms with Gasteiger partial charge >= 0.3 is 0 Å². The molecule has 1 unspecified atom stereocenters. The van der Waals surface area contributed by atoms with E-state index in [9.17, 15) is 0 Å². The molecule has 1 heterocycles. The van der Waals surface area contributed by atoms with E-state index in [1.807, 2.05) is 18.2 Å². The average Bonchev–Trinajstić information content (AvgIpc) is 2.79. The highest BCUT2D eigenvalue weighted by Crippen LogP contribution is 2.29. The zero-order valence-electron chi connectivity index (χ0n) is 10.4. The van der Waals surface area contributed by atoms with E-state index in [0.29, 0.717) is 13.2 Å². The molecule has 3 nitrogen and oxygen atoms in total. The van der Waals surface area contributed by atoms with Crippen molar-refractivity contribution in [1.29, 1.82) is 0 Å². The van der Waals surface area contributed by atoms with Gasteiger partial charge in [-0.25, -0.2) is 0 Å². The van der Waals surface area contributed by atoms with Crippen molar-refractivity contribution >= 4 is 5.71 Å². The molecule has 1 aliphatic heterocycles. The zero-order valence-corrected chi connectivity index (χ0v) is 10.4. The second-order valence-electron chi connectivity index (χ2n) is 4.93. The van der Waals surface area contributed by atoms with Gasteiger partial charge in [0.2, 0.25) is 0 Å². The predicted molar refractivity (Wildman–Crippen MR) is 72.4 cm³/mol. The molecule has 0 saturated heterocycles. The van der Waals surface area contributed by atoms with Crippen LogP contribution in [0.4, 0.5) is 0 Å². The molecule has 0 amide bonds. The molecule has 94 valence electrons. The molecule has 3 rings (SSSR count). The average molecular weight is 242 g/mol. The Bertz CT molecular complexity index is 490. The second-order valence-corrected chi connectivity index (χ2v) is 4.93. The molecule has 1 fully saturated rings. The van der Waals surface area contributed by atoms with Gasteiger partial charge in [-0.05, 0) is 24.0 Å². The Hall–Kier alpha value is -1.61. The molecule has 2 N–H and O–H groups in total. The quantitative estimate of drug-likeness (QED) is 0.885. The van der Waals surface area contributed by atoms with E-state index >= 15 is 0 Å². The summed E-state index contributed by atoms with van der Waals surface area (Å²) in [4.78, 5) is 4.45. The van der Waals surface area contributed by atoms with Gasteiger partial charge in [0.25, 0.3) is 0 Å². The summed E-state index contributed by atoms with van der Waals surface area (Å²) in [6, 6.07) is 10.3. The summed E-state index contributed by atoms with van der Waals surface area (Å²) in [5.74, 6) is 0. The number of nitrogens with zero attached hydrogens (tertiary/aromatic N) is 1. The van der Waals surface area contributed by atoms with Crippen LogP contribution in [0.15, 0.2) is 46.6 Å². The van der Waals surface area contributed by atoms with E-state index in [2.05, 4.69) is 17.1 Å². The van der Waals surface area contributed by atoms with Crippen LogP contribution in [0, 0.1) is 0 Å². The number of hydrogen-bond donors (Lipinski definition) is 1. The molecule has 1 atom stereocenters. The van der Waals surface area contributed by atoms with Crippen molar-refractivity contribution in [3.8, 4) is 0 Å². The maximum Gasteiger partial charge on any atom is 0.0791 e. The Balaban J connectivity index is 1.59. The predicted octanol–water partition coefficient (Wildman–Crippen LogP) is 2.42. The Kier molecular flexibility index (Phi) is 3.15. The molecule has 1 aromatic carbocycles. The minimum absolute atomic E-state index is 0.288. The van der Waals surface area contributed by atoms with Crippen molar-refractivity contribution in [2.45, 2.75) is 32.0 Å². The van der Waals surface area contributed by atoms with Gasteiger partial charge in [0.05, 0.1) is 19.3 Å². The smallest absolute Gasteiger partial charge is 0.0791 e. The Morgan fingerprint density at radius 1 is 1.28 bits per heavy atom. The molecule has 0 aromatic heterocycles. The summed E-state index contributed by atoms with van der Waals surface area (Å²) in [7, 11) is 0. The number of aliphatic imine (C=N–C) groups is 1. The number of ether oxygens (including phenoxy) is 1. The monoisotopic (exact) mass is 242 g/mol. The molecule has 2 aliphatic rings. The van der Waals surface area contributed by atoms with Crippen LogP contribution >= 0.6 is 0 Å². The molecular formula is C15H18N2O. The number of hydrogen-bond acceptors (Lipinski definition) is 3. The summed E-state index contributed by atoms with van der Waals surface area (Å²) >= 11 is 0. The van der Waals surface area contributed by atoms with Crippen LogP contribution in [-0.4, -0.2) is 18.4 Å². The third-order valence-corrected chi connectivity index (χ3v) is 3.64. The lowest BCUT2D eigenvalue weighted by atomic mass is 9.90. The van der Waals surface area contributed by atoms with E-state index in [4.69, 9.17) is 10.5 Å². The molecule has 3 heteroatoms.